The molecule has 0 bridgehead atoms. The zero-order valence-electron chi connectivity index (χ0n) is 18.8. The Hall–Kier alpha value is -2.26. The topological polar surface area (TPSA) is 55.7 Å². The highest BCUT2D eigenvalue weighted by molar-refractivity contribution is 5.79. The van der Waals surface area contributed by atoms with Crippen molar-refractivity contribution in [1.29, 1.82) is 0 Å². The van der Waals surface area contributed by atoms with E-state index in [-0.39, 0.29) is 11.7 Å². The van der Waals surface area contributed by atoms with Gasteiger partial charge in [-0.3, -0.25) is 0 Å². The van der Waals surface area contributed by atoms with Crippen LogP contribution in [0.5, 0.6) is 0 Å². The fraction of sp³-hybridized carbons (Fsp3) is 0.636. The minimum Gasteiger partial charge on any atom is -0.377 e. The Bertz CT molecular complexity index is 914. The number of rotatable bonds is 6. The Labute approximate surface area is 181 Å². The molecule has 2 fully saturated rings. The molecule has 3 heterocycles. The van der Waals surface area contributed by atoms with Gasteiger partial charge in [0, 0.05) is 49.5 Å². The van der Waals surface area contributed by atoms with E-state index >= 15 is 0 Å². The van der Waals surface area contributed by atoms with Crippen LogP contribution in [0.1, 0.15) is 20.8 Å². The molecule has 2 aliphatic rings. The summed E-state index contributed by atoms with van der Waals surface area (Å²) in [6.45, 7) is 8.32. The van der Waals surface area contributed by atoms with Crippen LogP contribution in [0.2, 0.25) is 0 Å². The van der Waals surface area contributed by atoms with Crippen molar-refractivity contribution in [2.24, 2.45) is 10.8 Å². The zero-order valence-corrected chi connectivity index (χ0v) is 18.8. The van der Waals surface area contributed by atoms with Crippen LogP contribution in [0.15, 0.2) is 24.4 Å². The molecule has 1 aromatic heterocycles. The van der Waals surface area contributed by atoms with Crippen LogP contribution >= 0.6 is 0 Å². The first-order chi connectivity index (χ1) is 14.6. The van der Waals surface area contributed by atoms with Crippen molar-refractivity contribution in [3.63, 3.8) is 0 Å². The number of ether oxygens (including phenoxy) is 2. The van der Waals surface area contributed by atoms with Gasteiger partial charge < -0.3 is 19.3 Å². The summed E-state index contributed by atoms with van der Waals surface area (Å²) in [4.78, 5) is 3.98. The van der Waals surface area contributed by atoms with Crippen molar-refractivity contribution in [3.05, 3.63) is 24.4 Å². The van der Waals surface area contributed by atoms with E-state index in [1.54, 1.807) is 11.6 Å². The predicted octanol–water partition coefficient (Wildman–Crippen LogP) is 3.50. The van der Waals surface area contributed by atoms with E-state index < -0.39 is 11.8 Å². The van der Waals surface area contributed by atoms with Gasteiger partial charge >= 0.3 is 0 Å². The summed E-state index contributed by atoms with van der Waals surface area (Å²) in [6, 6.07) is 5.96. The number of nitrogens with zero attached hydrogens (tertiary/aromatic N) is 5. The van der Waals surface area contributed by atoms with E-state index in [0.29, 0.717) is 32.8 Å². The van der Waals surface area contributed by atoms with Gasteiger partial charge in [-0.05, 0) is 18.2 Å². The first-order valence-electron chi connectivity index (χ1n) is 10.5. The Balaban J connectivity index is 1.48. The third-order valence-corrected chi connectivity index (χ3v) is 5.93. The van der Waals surface area contributed by atoms with Crippen molar-refractivity contribution >= 4 is 11.4 Å². The highest BCUT2D eigenvalue weighted by Gasteiger charge is 2.46. The first kappa shape index (κ1) is 22.0. The highest BCUT2D eigenvalue weighted by Crippen LogP contribution is 2.41. The summed E-state index contributed by atoms with van der Waals surface area (Å²) in [5, 5.41) is 8.58. The zero-order chi connectivity index (χ0) is 22.4. The fourth-order valence-electron chi connectivity index (χ4n) is 3.95. The normalized spacial score (nSPS) is 20.7. The van der Waals surface area contributed by atoms with Crippen molar-refractivity contribution in [2.45, 2.75) is 40.0 Å². The number of halogens is 2. The SMILES string of the molecule is CN(C)c1cc(N2CC(C)(C(F)F)C2)ccc1-c1cn(CC2OCC(C)(C)CO2)nn1. The van der Waals surface area contributed by atoms with Crippen molar-refractivity contribution in [1.82, 2.24) is 15.0 Å². The van der Waals surface area contributed by atoms with Gasteiger partial charge in [0.05, 0.1) is 31.4 Å². The van der Waals surface area contributed by atoms with E-state index in [2.05, 4.69) is 24.2 Å². The largest absolute Gasteiger partial charge is 0.377 e. The van der Waals surface area contributed by atoms with Crippen LogP contribution in [0.4, 0.5) is 20.2 Å². The second-order valence-corrected chi connectivity index (χ2v) is 9.95. The van der Waals surface area contributed by atoms with Gasteiger partial charge in [-0.2, -0.15) is 0 Å². The summed E-state index contributed by atoms with van der Waals surface area (Å²) >= 11 is 0. The van der Waals surface area contributed by atoms with Crippen LogP contribution < -0.4 is 9.80 Å². The fourth-order valence-corrected chi connectivity index (χ4v) is 3.95. The maximum absolute atomic E-state index is 13.2. The van der Waals surface area contributed by atoms with E-state index in [4.69, 9.17) is 9.47 Å². The number of hydrogen-bond acceptors (Lipinski definition) is 6. The second-order valence-electron chi connectivity index (χ2n) is 9.95. The minimum atomic E-state index is -2.31. The Morgan fingerprint density at radius 2 is 1.84 bits per heavy atom. The van der Waals surface area contributed by atoms with Gasteiger partial charge in [0.15, 0.2) is 6.29 Å². The van der Waals surface area contributed by atoms with Gasteiger partial charge in [-0.1, -0.05) is 26.0 Å². The van der Waals surface area contributed by atoms with Gasteiger partial charge in [-0.15, -0.1) is 5.10 Å². The monoisotopic (exact) mass is 435 g/mol. The molecule has 2 saturated heterocycles. The molecule has 0 N–H and O–H groups in total. The molecule has 0 aliphatic carbocycles. The van der Waals surface area contributed by atoms with Crippen LogP contribution in [-0.4, -0.2) is 68.1 Å². The molecular formula is C22H31F2N5O2. The summed E-state index contributed by atoms with van der Waals surface area (Å²) in [7, 11) is 3.91. The molecule has 31 heavy (non-hydrogen) atoms. The number of benzene rings is 1. The molecule has 0 atom stereocenters. The second kappa shape index (κ2) is 8.02. The maximum atomic E-state index is 13.2. The lowest BCUT2D eigenvalue weighted by Crippen LogP contribution is -2.58. The number of hydrogen-bond donors (Lipinski definition) is 0. The predicted molar refractivity (Wildman–Crippen MR) is 116 cm³/mol. The van der Waals surface area contributed by atoms with Gasteiger partial charge in [-0.25, -0.2) is 13.5 Å². The average molecular weight is 436 g/mol. The minimum absolute atomic E-state index is 0.0234. The van der Waals surface area contributed by atoms with E-state index in [9.17, 15) is 8.78 Å². The van der Waals surface area contributed by atoms with Crippen molar-refractivity contribution in [3.8, 4) is 11.3 Å². The smallest absolute Gasteiger partial charge is 0.247 e. The molecule has 0 radical (unpaired) electrons. The lowest BCUT2D eigenvalue weighted by Gasteiger charge is -2.49. The molecule has 0 spiro atoms. The van der Waals surface area contributed by atoms with Crippen LogP contribution in [-0.2, 0) is 16.0 Å². The van der Waals surface area contributed by atoms with E-state index in [1.807, 2.05) is 48.3 Å². The maximum Gasteiger partial charge on any atom is 0.247 e. The van der Waals surface area contributed by atoms with Gasteiger partial charge in [0.2, 0.25) is 6.43 Å². The molecule has 170 valence electrons. The molecule has 2 aromatic rings. The molecular weight excluding hydrogens is 404 g/mol. The Morgan fingerprint density at radius 3 is 2.45 bits per heavy atom. The molecule has 2 aliphatic heterocycles. The molecule has 0 amide bonds. The number of alkyl halides is 2. The van der Waals surface area contributed by atoms with Crippen LogP contribution in [0.3, 0.4) is 0 Å². The third kappa shape index (κ3) is 4.52. The quantitative estimate of drug-likeness (QED) is 0.692. The van der Waals surface area contributed by atoms with E-state index in [1.165, 1.54) is 0 Å². The Kier molecular flexibility index (Phi) is 5.68. The molecule has 9 heteroatoms. The van der Waals surface area contributed by atoms with Crippen molar-refractivity contribution < 1.29 is 18.3 Å². The summed E-state index contributed by atoms with van der Waals surface area (Å²) in [5.74, 6) is 0. The van der Waals surface area contributed by atoms with E-state index in [0.717, 1.165) is 22.6 Å². The van der Waals surface area contributed by atoms with Gasteiger partial charge in [0.25, 0.3) is 0 Å². The molecule has 7 nitrogen and oxygen atoms in total. The summed E-state index contributed by atoms with van der Waals surface area (Å²) < 4.78 is 39.7. The summed E-state index contributed by atoms with van der Waals surface area (Å²) in [5.41, 5.74) is 2.66. The molecule has 0 unspecified atom stereocenters. The highest BCUT2D eigenvalue weighted by atomic mass is 19.3. The lowest BCUT2D eigenvalue weighted by molar-refractivity contribution is -0.227. The Morgan fingerprint density at radius 1 is 1.16 bits per heavy atom. The third-order valence-electron chi connectivity index (χ3n) is 5.93. The number of anilines is 2. The molecule has 4 rings (SSSR count). The average Bonchev–Trinajstić information content (AvgIpc) is 3.15. The van der Waals surface area contributed by atoms with Crippen molar-refractivity contribution in [2.75, 3.05) is 50.2 Å². The standard InChI is InChI=1S/C22H31F2N5O2/c1-21(2)13-30-19(31-14-21)10-29-9-17(25-26-29)16-7-6-15(8-18(16)27(4)5)28-11-22(3,12-28)20(23)24/h6-9,19-20H,10-14H2,1-5H3. The van der Waals surface area contributed by atoms with Crippen LogP contribution in [0, 0.1) is 10.8 Å². The molecule has 1 aromatic carbocycles. The first-order valence-corrected chi connectivity index (χ1v) is 10.5. The lowest BCUT2D eigenvalue weighted by atomic mass is 9.82. The molecule has 0 saturated carbocycles. The van der Waals surface area contributed by atoms with Crippen LogP contribution in [0.25, 0.3) is 11.3 Å². The van der Waals surface area contributed by atoms with Gasteiger partial charge in [0.1, 0.15) is 5.69 Å². The number of aromatic nitrogens is 3. The summed E-state index contributed by atoms with van der Waals surface area (Å²) in [6.07, 6.45) is -0.769.